The zero-order valence-corrected chi connectivity index (χ0v) is 18.1. The first-order valence-electron chi connectivity index (χ1n) is 9.30. The van der Waals surface area contributed by atoms with Gasteiger partial charge in [0.1, 0.15) is 18.1 Å². The summed E-state index contributed by atoms with van der Waals surface area (Å²) in [5.74, 6) is 1.20. The van der Waals surface area contributed by atoms with Gasteiger partial charge < -0.3 is 14.8 Å². The molecule has 0 aromatic heterocycles. The van der Waals surface area contributed by atoms with Crippen LogP contribution in [0.1, 0.15) is 11.1 Å². The molecule has 0 aliphatic heterocycles. The molecule has 0 heterocycles. The normalized spacial score (nSPS) is 10.6. The van der Waals surface area contributed by atoms with E-state index in [1.54, 1.807) is 13.3 Å². The molecule has 3 aromatic rings. The third-order valence-electron chi connectivity index (χ3n) is 4.16. The number of hydrogen-bond acceptors (Lipinski definition) is 5. The zero-order chi connectivity index (χ0) is 21.2. The molecule has 0 spiro atoms. The quantitative estimate of drug-likeness (QED) is 0.356. The standard InChI is InChI=1S/C23H22BrN3O3/c1-29-21-12-10-20(11-13-21)25-15-23(28)27-26-14-18-4-2-3-5-22(18)30-16-17-6-8-19(24)9-7-17/h2-14,25H,15-16H2,1H3,(H,27,28)/b26-14-. The molecule has 0 aliphatic rings. The van der Waals surface area contributed by atoms with Gasteiger partial charge in [0.05, 0.1) is 19.9 Å². The van der Waals surface area contributed by atoms with Crippen molar-refractivity contribution < 1.29 is 14.3 Å². The molecular formula is C23H22BrN3O3. The Bertz CT molecular complexity index is 989. The van der Waals surface area contributed by atoms with Gasteiger partial charge in [-0.2, -0.15) is 5.10 Å². The number of para-hydroxylation sites is 1. The summed E-state index contributed by atoms with van der Waals surface area (Å²) in [6, 6.07) is 22.8. The van der Waals surface area contributed by atoms with Crippen LogP contribution in [0.4, 0.5) is 5.69 Å². The van der Waals surface area contributed by atoms with Gasteiger partial charge >= 0.3 is 0 Å². The fraction of sp³-hybridized carbons (Fsp3) is 0.130. The summed E-state index contributed by atoms with van der Waals surface area (Å²) in [7, 11) is 1.61. The van der Waals surface area contributed by atoms with Crippen LogP contribution in [0.3, 0.4) is 0 Å². The van der Waals surface area contributed by atoms with E-state index < -0.39 is 0 Å². The molecule has 1 amide bonds. The highest BCUT2D eigenvalue weighted by molar-refractivity contribution is 9.10. The Morgan fingerprint density at radius 3 is 2.50 bits per heavy atom. The zero-order valence-electron chi connectivity index (χ0n) is 16.5. The lowest BCUT2D eigenvalue weighted by Crippen LogP contribution is -2.25. The van der Waals surface area contributed by atoms with Gasteiger partial charge in [0.2, 0.25) is 0 Å². The van der Waals surface area contributed by atoms with Crippen LogP contribution >= 0.6 is 15.9 Å². The minimum absolute atomic E-state index is 0.103. The molecule has 6 nitrogen and oxygen atoms in total. The predicted octanol–water partition coefficient (Wildman–Crippen LogP) is 4.60. The highest BCUT2D eigenvalue weighted by Gasteiger charge is 2.03. The second-order valence-electron chi connectivity index (χ2n) is 6.33. The number of methoxy groups -OCH3 is 1. The van der Waals surface area contributed by atoms with Crippen molar-refractivity contribution in [3.63, 3.8) is 0 Å². The van der Waals surface area contributed by atoms with Gasteiger partial charge in [-0.1, -0.05) is 40.2 Å². The lowest BCUT2D eigenvalue weighted by molar-refractivity contribution is -0.119. The number of hydrogen-bond donors (Lipinski definition) is 2. The molecule has 3 rings (SSSR count). The molecule has 7 heteroatoms. The van der Waals surface area contributed by atoms with Gasteiger partial charge in [-0.15, -0.1) is 0 Å². The summed E-state index contributed by atoms with van der Waals surface area (Å²) in [6.07, 6.45) is 1.57. The number of rotatable bonds is 9. The first kappa shape index (κ1) is 21.4. The van der Waals surface area contributed by atoms with Gasteiger partial charge in [0.15, 0.2) is 0 Å². The van der Waals surface area contributed by atoms with E-state index >= 15 is 0 Å². The van der Waals surface area contributed by atoms with Crippen LogP contribution < -0.4 is 20.2 Å². The van der Waals surface area contributed by atoms with E-state index in [1.807, 2.05) is 72.8 Å². The molecule has 2 N–H and O–H groups in total. The van der Waals surface area contributed by atoms with E-state index in [9.17, 15) is 4.79 Å². The van der Waals surface area contributed by atoms with Crippen molar-refractivity contribution in [1.29, 1.82) is 0 Å². The Morgan fingerprint density at radius 1 is 1.03 bits per heavy atom. The summed E-state index contributed by atoms with van der Waals surface area (Å²) in [5.41, 5.74) is 5.17. The number of anilines is 1. The molecule has 3 aromatic carbocycles. The van der Waals surface area contributed by atoms with Gasteiger partial charge in [0, 0.05) is 15.7 Å². The van der Waals surface area contributed by atoms with Gasteiger partial charge in [-0.3, -0.25) is 4.79 Å². The molecule has 154 valence electrons. The number of amides is 1. The van der Waals surface area contributed by atoms with Gasteiger partial charge in [0.25, 0.3) is 5.91 Å². The third-order valence-corrected chi connectivity index (χ3v) is 4.69. The van der Waals surface area contributed by atoms with Crippen molar-refractivity contribution in [2.24, 2.45) is 5.10 Å². The van der Waals surface area contributed by atoms with E-state index in [0.29, 0.717) is 12.4 Å². The van der Waals surface area contributed by atoms with Crippen molar-refractivity contribution in [3.05, 3.63) is 88.4 Å². The minimum atomic E-state index is -0.254. The summed E-state index contributed by atoms with van der Waals surface area (Å²) in [5, 5.41) is 7.07. The maximum absolute atomic E-state index is 12.0. The SMILES string of the molecule is COc1ccc(NCC(=O)N/N=C\c2ccccc2OCc2ccc(Br)cc2)cc1. The molecule has 0 saturated heterocycles. The lowest BCUT2D eigenvalue weighted by atomic mass is 10.2. The first-order chi connectivity index (χ1) is 14.6. The van der Waals surface area contributed by atoms with Crippen LogP contribution in [0.15, 0.2) is 82.4 Å². The second kappa shape index (κ2) is 11.0. The van der Waals surface area contributed by atoms with E-state index in [-0.39, 0.29) is 12.5 Å². The summed E-state index contributed by atoms with van der Waals surface area (Å²) in [6.45, 7) is 0.543. The van der Waals surface area contributed by atoms with E-state index in [1.165, 1.54) is 0 Å². The number of ether oxygens (including phenoxy) is 2. The molecule has 0 unspecified atom stereocenters. The average molecular weight is 468 g/mol. The molecule has 30 heavy (non-hydrogen) atoms. The predicted molar refractivity (Wildman–Crippen MR) is 122 cm³/mol. The number of nitrogens with zero attached hydrogens (tertiary/aromatic N) is 1. The fourth-order valence-corrected chi connectivity index (χ4v) is 2.83. The molecule has 0 saturated carbocycles. The summed E-state index contributed by atoms with van der Waals surface area (Å²) >= 11 is 3.42. The number of hydrazone groups is 1. The van der Waals surface area contributed by atoms with Crippen molar-refractivity contribution in [1.82, 2.24) is 5.43 Å². The van der Waals surface area contributed by atoms with Crippen LogP contribution in [-0.2, 0) is 11.4 Å². The van der Waals surface area contributed by atoms with Crippen molar-refractivity contribution >= 4 is 33.7 Å². The topological polar surface area (TPSA) is 72.0 Å². The Hall–Kier alpha value is -3.32. The van der Waals surface area contributed by atoms with Crippen molar-refractivity contribution in [3.8, 4) is 11.5 Å². The molecule has 0 aliphatic carbocycles. The highest BCUT2D eigenvalue weighted by atomic mass is 79.9. The number of carbonyl (C=O) groups excluding carboxylic acids is 1. The Balaban J connectivity index is 1.50. The number of carbonyl (C=O) groups is 1. The van der Waals surface area contributed by atoms with E-state index in [2.05, 4.69) is 31.8 Å². The van der Waals surface area contributed by atoms with Crippen LogP contribution in [0.5, 0.6) is 11.5 Å². The largest absolute Gasteiger partial charge is 0.497 e. The monoisotopic (exact) mass is 467 g/mol. The lowest BCUT2D eigenvalue weighted by Gasteiger charge is -2.09. The van der Waals surface area contributed by atoms with E-state index in [0.717, 1.165) is 27.0 Å². The number of halogens is 1. The van der Waals surface area contributed by atoms with Crippen molar-refractivity contribution in [2.45, 2.75) is 6.61 Å². The van der Waals surface area contributed by atoms with Gasteiger partial charge in [-0.25, -0.2) is 5.43 Å². The first-order valence-corrected chi connectivity index (χ1v) is 10.1. The van der Waals surface area contributed by atoms with Gasteiger partial charge in [-0.05, 0) is 54.1 Å². The molecule has 0 radical (unpaired) electrons. The van der Waals surface area contributed by atoms with Crippen LogP contribution in [0, 0.1) is 0 Å². The Labute approximate surface area is 184 Å². The molecular weight excluding hydrogens is 446 g/mol. The van der Waals surface area contributed by atoms with Crippen LogP contribution in [0.25, 0.3) is 0 Å². The Kier molecular flexibility index (Phi) is 7.86. The van der Waals surface area contributed by atoms with E-state index in [4.69, 9.17) is 9.47 Å². The summed E-state index contributed by atoms with van der Waals surface area (Å²) in [4.78, 5) is 12.0. The highest BCUT2D eigenvalue weighted by Crippen LogP contribution is 2.18. The molecule has 0 atom stereocenters. The number of benzene rings is 3. The third kappa shape index (κ3) is 6.63. The molecule has 0 bridgehead atoms. The molecule has 0 fully saturated rings. The fourth-order valence-electron chi connectivity index (χ4n) is 2.56. The number of nitrogens with one attached hydrogen (secondary N) is 2. The average Bonchev–Trinajstić information content (AvgIpc) is 2.78. The second-order valence-corrected chi connectivity index (χ2v) is 7.24. The summed E-state index contributed by atoms with van der Waals surface area (Å²) < 4.78 is 12.0. The maximum atomic E-state index is 12.0. The van der Waals surface area contributed by atoms with Crippen LogP contribution in [-0.4, -0.2) is 25.8 Å². The van der Waals surface area contributed by atoms with Crippen molar-refractivity contribution in [2.75, 3.05) is 19.0 Å². The smallest absolute Gasteiger partial charge is 0.259 e. The van der Waals surface area contributed by atoms with Crippen LogP contribution in [0.2, 0.25) is 0 Å². The maximum Gasteiger partial charge on any atom is 0.259 e. The minimum Gasteiger partial charge on any atom is -0.497 e. The Morgan fingerprint density at radius 2 is 1.77 bits per heavy atom.